The van der Waals surface area contributed by atoms with E-state index in [1.807, 2.05) is 72.8 Å². The zero-order chi connectivity index (χ0) is 24.5. The van der Waals surface area contributed by atoms with Gasteiger partial charge in [-0.1, -0.05) is 66.7 Å². The molecule has 0 saturated carbocycles. The fourth-order valence-electron chi connectivity index (χ4n) is 3.17. The molecule has 170 valence electrons. The zero-order valence-electron chi connectivity index (χ0n) is 18.6. The molecule has 1 aromatic heterocycles. The smallest absolute Gasteiger partial charge is 0.340 e. The number of anilines is 1. The summed E-state index contributed by atoms with van der Waals surface area (Å²) in [6, 6.07) is 25.3. The van der Waals surface area contributed by atoms with Gasteiger partial charge in [-0.2, -0.15) is 5.26 Å². The first kappa shape index (κ1) is 23.1. The number of amides is 1. The highest BCUT2D eigenvalue weighted by molar-refractivity contribution is 6.07. The zero-order valence-corrected chi connectivity index (χ0v) is 18.6. The van der Waals surface area contributed by atoms with Gasteiger partial charge in [0.15, 0.2) is 0 Å². The lowest BCUT2D eigenvalue weighted by atomic mass is 10.1. The van der Waals surface area contributed by atoms with Crippen LogP contribution >= 0.6 is 0 Å². The lowest BCUT2D eigenvalue weighted by Crippen LogP contribution is -2.17. The molecule has 0 saturated heterocycles. The van der Waals surface area contributed by atoms with Crippen molar-refractivity contribution in [2.75, 3.05) is 5.32 Å². The van der Waals surface area contributed by atoms with E-state index in [4.69, 9.17) is 4.74 Å². The predicted molar refractivity (Wildman–Crippen MR) is 132 cm³/mol. The van der Waals surface area contributed by atoms with E-state index < -0.39 is 11.9 Å². The minimum atomic E-state index is -0.659. The van der Waals surface area contributed by atoms with Crippen LogP contribution in [-0.4, -0.2) is 21.8 Å². The number of hydrogen-bond donors (Lipinski definition) is 1. The molecule has 0 aliphatic heterocycles. The molecule has 7 nitrogen and oxygen atoms in total. The molecular weight excluding hydrogens is 440 g/mol. The maximum Gasteiger partial charge on any atom is 0.340 e. The normalized spacial score (nSPS) is 10.5. The third kappa shape index (κ3) is 6.24. The molecule has 35 heavy (non-hydrogen) atoms. The van der Waals surface area contributed by atoms with Crippen LogP contribution in [0.25, 0.3) is 12.2 Å². The Balaban J connectivity index is 1.47. The van der Waals surface area contributed by atoms with Crippen LogP contribution in [0.2, 0.25) is 0 Å². The van der Waals surface area contributed by atoms with Crippen molar-refractivity contribution in [3.8, 4) is 6.07 Å². The van der Waals surface area contributed by atoms with Gasteiger partial charge in [-0.05, 0) is 35.4 Å². The number of esters is 1. The molecule has 1 amide bonds. The van der Waals surface area contributed by atoms with E-state index >= 15 is 0 Å². The molecule has 0 atom stereocenters. The summed E-state index contributed by atoms with van der Waals surface area (Å²) in [6.45, 7) is 0.0628. The van der Waals surface area contributed by atoms with Gasteiger partial charge >= 0.3 is 5.97 Å². The molecular formula is C28H20N4O3. The molecule has 0 aliphatic carbocycles. The van der Waals surface area contributed by atoms with Gasteiger partial charge < -0.3 is 10.1 Å². The summed E-state index contributed by atoms with van der Waals surface area (Å²) in [5.41, 5.74) is 3.06. The molecule has 0 aliphatic rings. The molecule has 0 spiro atoms. The van der Waals surface area contributed by atoms with Crippen LogP contribution in [0.4, 0.5) is 5.69 Å². The first-order chi connectivity index (χ1) is 17.1. The highest BCUT2D eigenvalue weighted by Crippen LogP contribution is 2.20. The van der Waals surface area contributed by atoms with Gasteiger partial charge in [0.05, 0.1) is 41.0 Å². The summed E-state index contributed by atoms with van der Waals surface area (Å²) >= 11 is 0. The standard InChI is InChI=1S/C28H20N4O3/c29-16-22-12-14-25(24(15-22)28(34)35-19-21-9-5-2-6-10-21)32-27(33)26-18-30-23(17-31-26)13-11-20-7-3-1-4-8-20/h1-15,17-18H,19H2,(H,32,33)/b13-11+. The number of benzene rings is 3. The largest absolute Gasteiger partial charge is 0.457 e. The van der Waals surface area contributed by atoms with E-state index in [2.05, 4.69) is 15.3 Å². The Morgan fingerprint density at radius 3 is 2.34 bits per heavy atom. The fraction of sp³-hybridized carbons (Fsp3) is 0.0357. The monoisotopic (exact) mass is 460 g/mol. The van der Waals surface area contributed by atoms with E-state index in [9.17, 15) is 14.9 Å². The molecule has 0 fully saturated rings. The van der Waals surface area contributed by atoms with Gasteiger partial charge in [0, 0.05) is 0 Å². The van der Waals surface area contributed by atoms with Crippen LogP contribution < -0.4 is 5.32 Å². The van der Waals surface area contributed by atoms with Gasteiger partial charge in [0.25, 0.3) is 5.91 Å². The Bertz CT molecular complexity index is 1390. The average molecular weight is 460 g/mol. The highest BCUT2D eigenvalue weighted by atomic mass is 16.5. The number of carbonyl (C=O) groups excluding carboxylic acids is 2. The van der Waals surface area contributed by atoms with E-state index in [1.165, 1.54) is 30.6 Å². The van der Waals surface area contributed by atoms with E-state index in [0.29, 0.717) is 5.69 Å². The van der Waals surface area contributed by atoms with E-state index in [0.717, 1.165) is 11.1 Å². The van der Waals surface area contributed by atoms with Crippen LogP contribution in [0, 0.1) is 11.3 Å². The summed E-state index contributed by atoms with van der Waals surface area (Å²) in [5, 5.41) is 11.9. The van der Waals surface area contributed by atoms with Gasteiger partial charge in [-0.3, -0.25) is 9.78 Å². The molecule has 0 unspecified atom stereocenters. The van der Waals surface area contributed by atoms with Crippen LogP contribution in [-0.2, 0) is 11.3 Å². The van der Waals surface area contributed by atoms with Crippen molar-refractivity contribution in [1.29, 1.82) is 5.26 Å². The Labute approximate surface area is 202 Å². The number of nitrogens with one attached hydrogen (secondary N) is 1. The third-order valence-electron chi connectivity index (χ3n) is 4.98. The van der Waals surface area contributed by atoms with Crippen LogP contribution in [0.1, 0.15) is 43.2 Å². The second-order valence-electron chi connectivity index (χ2n) is 7.46. The molecule has 7 heteroatoms. The van der Waals surface area contributed by atoms with Gasteiger partial charge in [-0.15, -0.1) is 0 Å². The Morgan fingerprint density at radius 1 is 0.914 bits per heavy atom. The van der Waals surface area contributed by atoms with Crippen LogP contribution in [0.3, 0.4) is 0 Å². The second-order valence-corrected chi connectivity index (χ2v) is 7.46. The van der Waals surface area contributed by atoms with Gasteiger partial charge in [0.2, 0.25) is 0 Å². The van der Waals surface area contributed by atoms with E-state index in [-0.39, 0.29) is 29.1 Å². The fourth-order valence-corrected chi connectivity index (χ4v) is 3.17. The first-order valence-electron chi connectivity index (χ1n) is 10.7. The van der Waals surface area contributed by atoms with Crippen molar-refractivity contribution in [2.45, 2.75) is 6.61 Å². The number of aromatic nitrogens is 2. The van der Waals surface area contributed by atoms with Crippen molar-refractivity contribution < 1.29 is 14.3 Å². The Hall–Kier alpha value is -5.09. The minimum absolute atomic E-state index is 0.0628. The molecule has 4 aromatic rings. The summed E-state index contributed by atoms with van der Waals surface area (Å²) < 4.78 is 5.39. The number of carbonyl (C=O) groups is 2. The van der Waals surface area contributed by atoms with Crippen molar-refractivity contribution in [3.63, 3.8) is 0 Å². The van der Waals surface area contributed by atoms with Crippen LogP contribution in [0.5, 0.6) is 0 Å². The van der Waals surface area contributed by atoms with E-state index in [1.54, 1.807) is 6.08 Å². The summed E-state index contributed by atoms with van der Waals surface area (Å²) in [5.74, 6) is -1.20. The molecule has 4 rings (SSSR count). The summed E-state index contributed by atoms with van der Waals surface area (Å²) in [6.07, 6.45) is 6.54. The van der Waals surface area contributed by atoms with Crippen molar-refractivity contribution in [3.05, 3.63) is 125 Å². The topological polar surface area (TPSA) is 105 Å². The number of nitrogens with zero attached hydrogens (tertiary/aromatic N) is 3. The lowest BCUT2D eigenvalue weighted by Gasteiger charge is -2.11. The summed E-state index contributed by atoms with van der Waals surface area (Å²) in [7, 11) is 0. The van der Waals surface area contributed by atoms with Gasteiger partial charge in [0.1, 0.15) is 12.3 Å². The maximum atomic E-state index is 12.8. The third-order valence-corrected chi connectivity index (χ3v) is 4.98. The molecule has 1 N–H and O–H groups in total. The predicted octanol–water partition coefficient (Wildman–Crippen LogP) is 5.13. The molecule has 0 bridgehead atoms. The Kier molecular flexibility index (Phi) is 7.36. The van der Waals surface area contributed by atoms with Gasteiger partial charge in [-0.25, -0.2) is 9.78 Å². The highest BCUT2D eigenvalue weighted by Gasteiger charge is 2.18. The van der Waals surface area contributed by atoms with Crippen LogP contribution in [0.15, 0.2) is 91.3 Å². The summed E-state index contributed by atoms with van der Waals surface area (Å²) in [4.78, 5) is 33.9. The lowest BCUT2D eigenvalue weighted by molar-refractivity contribution is 0.0474. The van der Waals surface area contributed by atoms with Crippen molar-refractivity contribution >= 4 is 29.7 Å². The number of nitriles is 1. The molecule has 3 aromatic carbocycles. The van der Waals surface area contributed by atoms with Crippen molar-refractivity contribution in [1.82, 2.24) is 9.97 Å². The number of ether oxygens (including phenoxy) is 1. The minimum Gasteiger partial charge on any atom is -0.457 e. The van der Waals surface area contributed by atoms with Crippen molar-refractivity contribution in [2.24, 2.45) is 0 Å². The molecule has 0 radical (unpaired) electrons. The average Bonchev–Trinajstić information content (AvgIpc) is 2.92. The second kappa shape index (κ2) is 11.2. The maximum absolute atomic E-state index is 12.8. The number of hydrogen-bond acceptors (Lipinski definition) is 6. The SMILES string of the molecule is N#Cc1ccc(NC(=O)c2cnc(/C=C/c3ccccc3)cn2)c(C(=O)OCc2ccccc2)c1. The number of rotatable bonds is 7. The Morgan fingerprint density at radius 2 is 1.66 bits per heavy atom. The quantitative estimate of drug-likeness (QED) is 0.384. The first-order valence-corrected chi connectivity index (χ1v) is 10.7. The molecule has 1 heterocycles.